The van der Waals surface area contributed by atoms with Crippen molar-refractivity contribution in [3.05, 3.63) is 71.3 Å². The van der Waals surface area contributed by atoms with Crippen LogP contribution in [-0.4, -0.2) is 5.91 Å². The molecule has 0 fully saturated rings. The van der Waals surface area contributed by atoms with Crippen molar-refractivity contribution in [3.8, 4) is 0 Å². The van der Waals surface area contributed by atoms with Gasteiger partial charge in [0.05, 0.1) is 0 Å². The molecule has 2 aromatic carbocycles. The van der Waals surface area contributed by atoms with Crippen molar-refractivity contribution in [2.24, 2.45) is 5.84 Å². The first-order valence-electron chi connectivity index (χ1n) is 5.35. The maximum Gasteiger partial charge on any atom is 0.265 e. The number of carbonyl (C=O) groups excluding carboxylic acids is 1. The Morgan fingerprint density at radius 2 is 1.88 bits per heavy atom. The van der Waals surface area contributed by atoms with E-state index in [4.69, 9.17) is 5.84 Å². The Balaban J connectivity index is 2.11. The number of hydrogen-bond donors (Lipinski definition) is 2. The zero-order valence-corrected chi connectivity index (χ0v) is 9.31. The molecule has 2 rings (SSSR count). The minimum absolute atomic E-state index is 0.323. The van der Waals surface area contributed by atoms with Gasteiger partial charge in [-0.15, -0.1) is 0 Å². The first-order chi connectivity index (χ1) is 8.29. The normalized spacial score (nSPS) is 9.94. The SMILES string of the molecule is NNC(=O)c1[c]cc(Cc2ccccc2)cc1. The van der Waals surface area contributed by atoms with Crippen LogP contribution in [0.3, 0.4) is 0 Å². The van der Waals surface area contributed by atoms with Crippen molar-refractivity contribution in [1.29, 1.82) is 0 Å². The zero-order valence-electron chi connectivity index (χ0n) is 9.31. The highest BCUT2D eigenvalue weighted by Gasteiger charge is 2.03. The summed E-state index contributed by atoms with van der Waals surface area (Å²) in [7, 11) is 0. The molecular formula is C14H13N2O. The van der Waals surface area contributed by atoms with Gasteiger partial charge >= 0.3 is 0 Å². The zero-order chi connectivity index (χ0) is 12.1. The van der Waals surface area contributed by atoms with Gasteiger partial charge in [-0.3, -0.25) is 10.2 Å². The van der Waals surface area contributed by atoms with Crippen LogP contribution in [-0.2, 0) is 6.42 Å². The smallest absolute Gasteiger partial charge is 0.265 e. The van der Waals surface area contributed by atoms with Gasteiger partial charge < -0.3 is 0 Å². The van der Waals surface area contributed by atoms with Crippen molar-refractivity contribution >= 4 is 5.91 Å². The van der Waals surface area contributed by atoms with Gasteiger partial charge in [0.25, 0.3) is 5.91 Å². The Bertz CT molecular complexity index is 491. The van der Waals surface area contributed by atoms with Crippen LogP contribution in [0, 0.1) is 6.07 Å². The van der Waals surface area contributed by atoms with Crippen molar-refractivity contribution < 1.29 is 4.79 Å². The highest BCUT2D eigenvalue weighted by molar-refractivity contribution is 5.93. The first kappa shape index (κ1) is 11.4. The summed E-state index contributed by atoms with van der Waals surface area (Å²) in [6.07, 6.45) is 0.835. The molecule has 0 bridgehead atoms. The van der Waals surface area contributed by atoms with Crippen LogP contribution in [0.4, 0.5) is 0 Å². The van der Waals surface area contributed by atoms with Crippen LogP contribution in [0.2, 0.25) is 0 Å². The molecule has 0 saturated heterocycles. The van der Waals surface area contributed by atoms with Crippen molar-refractivity contribution in [1.82, 2.24) is 5.43 Å². The Hall–Kier alpha value is -2.13. The molecule has 0 aliphatic carbocycles. The molecule has 0 saturated carbocycles. The number of hydrazine groups is 1. The summed E-state index contributed by atoms with van der Waals surface area (Å²) in [5.41, 5.74) is 4.88. The molecule has 0 aliphatic heterocycles. The molecule has 0 unspecified atom stereocenters. The van der Waals surface area contributed by atoms with Gasteiger partial charge in [0.1, 0.15) is 0 Å². The molecule has 0 atom stereocenters. The Labute approximate surface area is 100 Å². The largest absolute Gasteiger partial charge is 0.290 e. The summed E-state index contributed by atoms with van der Waals surface area (Å²) in [6, 6.07) is 18.5. The molecule has 0 aromatic heterocycles. The third-order valence-electron chi connectivity index (χ3n) is 2.50. The average molecular weight is 225 g/mol. The van der Waals surface area contributed by atoms with Crippen molar-refractivity contribution in [3.63, 3.8) is 0 Å². The fraction of sp³-hybridized carbons (Fsp3) is 0.0714. The maximum atomic E-state index is 11.2. The van der Waals surface area contributed by atoms with Crippen LogP contribution >= 0.6 is 0 Å². The Morgan fingerprint density at radius 3 is 2.47 bits per heavy atom. The number of nitrogens with one attached hydrogen (secondary N) is 1. The van der Waals surface area contributed by atoms with E-state index in [9.17, 15) is 4.79 Å². The van der Waals surface area contributed by atoms with Crippen LogP contribution in [0.15, 0.2) is 48.5 Å². The summed E-state index contributed by atoms with van der Waals surface area (Å²) in [4.78, 5) is 11.2. The number of benzene rings is 2. The minimum atomic E-state index is -0.323. The molecule has 0 heterocycles. The number of amides is 1. The van der Waals surface area contributed by atoms with Crippen LogP contribution in [0.1, 0.15) is 21.5 Å². The summed E-state index contributed by atoms with van der Waals surface area (Å²) in [6.45, 7) is 0. The second-order valence-electron chi connectivity index (χ2n) is 3.75. The maximum absolute atomic E-state index is 11.2. The molecule has 3 nitrogen and oxygen atoms in total. The molecule has 0 aliphatic rings. The molecule has 85 valence electrons. The minimum Gasteiger partial charge on any atom is -0.290 e. The van der Waals surface area contributed by atoms with Gasteiger partial charge in [-0.25, -0.2) is 5.84 Å². The van der Waals surface area contributed by atoms with Crippen LogP contribution in [0.5, 0.6) is 0 Å². The van der Waals surface area contributed by atoms with Gasteiger partial charge in [0, 0.05) is 5.56 Å². The summed E-state index contributed by atoms with van der Waals surface area (Å²) in [5.74, 6) is 4.72. The monoisotopic (exact) mass is 225 g/mol. The molecule has 0 spiro atoms. The number of nitrogen functional groups attached to an aromatic ring is 1. The lowest BCUT2D eigenvalue weighted by Gasteiger charge is -2.03. The van der Waals surface area contributed by atoms with E-state index in [2.05, 4.69) is 23.6 Å². The van der Waals surface area contributed by atoms with Crippen molar-refractivity contribution in [2.45, 2.75) is 6.42 Å². The van der Waals surface area contributed by atoms with Crippen molar-refractivity contribution in [2.75, 3.05) is 0 Å². The van der Waals surface area contributed by atoms with Gasteiger partial charge in [-0.1, -0.05) is 36.4 Å². The lowest BCUT2D eigenvalue weighted by Crippen LogP contribution is -2.29. The second-order valence-corrected chi connectivity index (χ2v) is 3.75. The van der Waals surface area contributed by atoms with E-state index in [1.807, 2.05) is 30.3 Å². The fourth-order valence-electron chi connectivity index (χ4n) is 1.62. The lowest BCUT2D eigenvalue weighted by atomic mass is 10.0. The topological polar surface area (TPSA) is 55.1 Å². The standard InChI is InChI=1S/C14H13N2O/c15-16-14(17)13-8-6-12(7-9-13)10-11-4-2-1-3-5-11/h1-8H,10,15H2,(H,16,17). The highest BCUT2D eigenvalue weighted by Crippen LogP contribution is 2.10. The summed E-state index contributed by atoms with van der Waals surface area (Å²) >= 11 is 0. The molecule has 17 heavy (non-hydrogen) atoms. The first-order valence-corrected chi connectivity index (χ1v) is 5.35. The third-order valence-corrected chi connectivity index (χ3v) is 2.50. The van der Waals surface area contributed by atoms with Gasteiger partial charge in [0.2, 0.25) is 0 Å². The van der Waals surface area contributed by atoms with E-state index >= 15 is 0 Å². The number of rotatable bonds is 3. The average Bonchev–Trinajstić information content (AvgIpc) is 2.40. The molecule has 3 N–H and O–H groups in total. The predicted molar refractivity (Wildman–Crippen MR) is 66.2 cm³/mol. The summed E-state index contributed by atoms with van der Waals surface area (Å²) < 4.78 is 0. The molecule has 3 heteroatoms. The third kappa shape index (κ3) is 2.92. The lowest BCUT2D eigenvalue weighted by molar-refractivity contribution is 0.0953. The highest BCUT2D eigenvalue weighted by atomic mass is 16.2. The second kappa shape index (κ2) is 5.27. The van der Waals surface area contributed by atoms with E-state index in [0.29, 0.717) is 5.56 Å². The molecule has 2 aromatic rings. The number of carbonyl (C=O) groups is 1. The fourth-order valence-corrected chi connectivity index (χ4v) is 1.62. The van der Waals surface area contributed by atoms with Crippen LogP contribution in [0.25, 0.3) is 0 Å². The predicted octanol–water partition coefficient (Wildman–Crippen LogP) is 1.68. The van der Waals surface area contributed by atoms with E-state index in [1.165, 1.54) is 5.56 Å². The number of hydrogen-bond acceptors (Lipinski definition) is 2. The summed E-state index contributed by atoms with van der Waals surface area (Å²) in [5, 5.41) is 0. The Morgan fingerprint density at radius 1 is 1.12 bits per heavy atom. The molecule has 1 amide bonds. The molecule has 1 radical (unpaired) electrons. The quantitative estimate of drug-likeness (QED) is 0.474. The van der Waals surface area contributed by atoms with E-state index in [0.717, 1.165) is 12.0 Å². The Kier molecular flexibility index (Phi) is 3.52. The van der Waals surface area contributed by atoms with Gasteiger partial charge in [0.15, 0.2) is 0 Å². The van der Waals surface area contributed by atoms with E-state index < -0.39 is 0 Å². The van der Waals surface area contributed by atoms with Gasteiger partial charge in [-0.05, 0) is 35.7 Å². The van der Waals surface area contributed by atoms with Gasteiger partial charge in [-0.2, -0.15) is 0 Å². The number of nitrogens with two attached hydrogens (primary N) is 1. The van der Waals surface area contributed by atoms with E-state index in [1.54, 1.807) is 6.07 Å². The van der Waals surface area contributed by atoms with E-state index in [-0.39, 0.29) is 5.91 Å². The van der Waals surface area contributed by atoms with Crippen LogP contribution < -0.4 is 11.3 Å². The molecular weight excluding hydrogens is 212 g/mol.